The molecule has 10 heteroatoms. The van der Waals surface area contributed by atoms with Gasteiger partial charge in [-0.1, -0.05) is 42.5 Å². The van der Waals surface area contributed by atoms with E-state index in [0.717, 1.165) is 18.2 Å². The molecule has 0 saturated carbocycles. The summed E-state index contributed by atoms with van der Waals surface area (Å²) in [6.45, 7) is 5.24. The van der Waals surface area contributed by atoms with Gasteiger partial charge in [-0.15, -0.1) is 0 Å². The van der Waals surface area contributed by atoms with Gasteiger partial charge >= 0.3 is 12.1 Å². The lowest BCUT2D eigenvalue weighted by atomic mass is 10.1. The molecule has 4 aromatic rings. The fourth-order valence-electron chi connectivity index (χ4n) is 3.56. The first-order valence-corrected chi connectivity index (χ1v) is 12.0. The lowest BCUT2D eigenvalue weighted by Crippen LogP contribution is -2.23. The summed E-state index contributed by atoms with van der Waals surface area (Å²) in [5, 5.41) is 4.63. The number of esters is 1. The van der Waals surface area contributed by atoms with E-state index < -0.39 is 38.2 Å². The molecule has 0 fully saturated rings. The highest BCUT2D eigenvalue weighted by Gasteiger charge is 2.38. The Hall–Kier alpha value is -3.66. The first-order chi connectivity index (χ1) is 16.3. The molecule has 0 spiro atoms. The van der Waals surface area contributed by atoms with Gasteiger partial charge in [-0.3, -0.25) is 0 Å². The summed E-state index contributed by atoms with van der Waals surface area (Å²) >= 11 is 0. The van der Waals surface area contributed by atoms with Crippen LogP contribution in [0, 0.1) is 0 Å². The molecule has 1 aromatic heterocycles. The molecule has 0 aliphatic heterocycles. The zero-order valence-corrected chi connectivity index (χ0v) is 19.8. The zero-order chi connectivity index (χ0) is 25.6. The van der Waals surface area contributed by atoms with E-state index in [1.54, 1.807) is 51.1 Å². The van der Waals surface area contributed by atoms with Crippen LogP contribution in [0.2, 0.25) is 0 Å². The quantitative estimate of drug-likeness (QED) is 0.324. The van der Waals surface area contributed by atoms with Crippen LogP contribution in [0.15, 0.2) is 77.7 Å². The molecule has 0 atom stereocenters. The number of nitrogens with zero attached hydrogens (tertiary/aromatic N) is 2. The van der Waals surface area contributed by atoms with Gasteiger partial charge in [0.25, 0.3) is 10.0 Å². The van der Waals surface area contributed by atoms with Crippen molar-refractivity contribution in [2.45, 2.75) is 37.4 Å². The van der Waals surface area contributed by atoms with Crippen LogP contribution < -0.4 is 0 Å². The maximum absolute atomic E-state index is 13.6. The first-order valence-electron chi connectivity index (χ1n) is 10.5. The number of ether oxygens (including phenoxy) is 1. The third kappa shape index (κ3) is 4.79. The van der Waals surface area contributed by atoms with E-state index in [1.165, 1.54) is 24.3 Å². The number of halogens is 3. The van der Waals surface area contributed by atoms with Crippen LogP contribution in [-0.2, 0) is 20.9 Å². The minimum atomic E-state index is -4.87. The third-order valence-electron chi connectivity index (χ3n) is 5.05. The third-order valence-corrected chi connectivity index (χ3v) is 6.69. The van der Waals surface area contributed by atoms with E-state index in [9.17, 15) is 26.4 Å². The van der Waals surface area contributed by atoms with Gasteiger partial charge in [-0.2, -0.15) is 30.8 Å². The Morgan fingerprint density at radius 3 is 2.11 bits per heavy atom. The van der Waals surface area contributed by atoms with Gasteiger partial charge in [-0.05, 0) is 51.1 Å². The van der Waals surface area contributed by atoms with Crippen LogP contribution in [0.1, 0.15) is 36.7 Å². The summed E-state index contributed by atoms with van der Waals surface area (Å²) in [6.07, 6.45) is -4.87. The molecule has 4 rings (SSSR count). The number of fused-ring (bicyclic) bond motifs is 1. The number of rotatable bonds is 4. The topological polar surface area (TPSA) is 78.3 Å². The molecule has 6 nitrogen and oxygen atoms in total. The Labute approximate surface area is 200 Å². The van der Waals surface area contributed by atoms with Crippen molar-refractivity contribution < 1.29 is 31.1 Å². The monoisotopic (exact) mass is 502 g/mol. The molecule has 0 unspecified atom stereocenters. The predicted molar refractivity (Wildman–Crippen MR) is 124 cm³/mol. The molecule has 1 heterocycles. The Morgan fingerprint density at radius 2 is 1.49 bits per heavy atom. The van der Waals surface area contributed by atoms with Gasteiger partial charge < -0.3 is 4.74 Å². The highest BCUT2D eigenvalue weighted by atomic mass is 32.2. The van der Waals surface area contributed by atoms with Gasteiger partial charge in [0.15, 0.2) is 0 Å². The number of carbonyl (C=O) groups is 1. The number of carbonyl (C=O) groups excluding carboxylic acids is 1. The lowest BCUT2D eigenvalue weighted by Gasteiger charge is -2.19. The molecule has 0 aliphatic carbocycles. The van der Waals surface area contributed by atoms with Crippen molar-refractivity contribution in [3.05, 3.63) is 83.9 Å². The van der Waals surface area contributed by atoms with E-state index >= 15 is 0 Å². The standard InChI is InChI=1S/C25H21F3N2O4S/c1-24(2,3)34-23(31)17-14-12-16(13-15-17)22-18-8-4-6-10-20(18)30(29-22)35(32,33)21-11-7-5-9-19(21)25(26,27)28/h4-15H,1-3H3. The second-order valence-electron chi connectivity index (χ2n) is 8.79. The number of alkyl halides is 3. The van der Waals surface area contributed by atoms with Crippen LogP contribution >= 0.6 is 0 Å². The van der Waals surface area contributed by atoms with Crippen molar-refractivity contribution in [3.63, 3.8) is 0 Å². The summed E-state index contributed by atoms with van der Waals surface area (Å²) in [6, 6.07) is 16.5. The minimum absolute atomic E-state index is 0.121. The molecule has 0 saturated heterocycles. The van der Waals surface area contributed by atoms with E-state index in [2.05, 4.69) is 5.10 Å². The van der Waals surface area contributed by atoms with Gasteiger partial charge in [0.1, 0.15) is 16.2 Å². The normalized spacial score (nSPS) is 12.6. The van der Waals surface area contributed by atoms with Crippen LogP contribution in [0.4, 0.5) is 13.2 Å². The first kappa shape index (κ1) is 24.5. The van der Waals surface area contributed by atoms with Crippen molar-refractivity contribution in [3.8, 4) is 11.3 Å². The molecule has 35 heavy (non-hydrogen) atoms. The predicted octanol–water partition coefficient (Wildman–Crippen LogP) is 5.91. The fourth-order valence-corrected chi connectivity index (χ4v) is 5.06. The Morgan fingerprint density at radius 1 is 0.886 bits per heavy atom. The second kappa shape index (κ2) is 8.53. The molecule has 182 valence electrons. The highest BCUT2D eigenvalue weighted by Crippen LogP contribution is 2.36. The van der Waals surface area contributed by atoms with Crippen LogP contribution in [-0.4, -0.2) is 29.2 Å². The molecular weight excluding hydrogens is 481 g/mol. The number of benzene rings is 3. The zero-order valence-electron chi connectivity index (χ0n) is 19.0. The molecule has 0 amide bonds. The molecule has 0 aliphatic rings. The summed E-state index contributed by atoms with van der Waals surface area (Å²) in [5.41, 5.74) is -0.820. The molecular formula is C25H21F3N2O4S. The molecule has 0 bridgehead atoms. The maximum Gasteiger partial charge on any atom is 0.417 e. The largest absolute Gasteiger partial charge is 0.456 e. The summed E-state index contributed by atoms with van der Waals surface area (Å²) in [5.74, 6) is -0.522. The molecule has 0 radical (unpaired) electrons. The summed E-state index contributed by atoms with van der Waals surface area (Å²) < 4.78 is 73.4. The lowest BCUT2D eigenvalue weighted by molar-refractivity contribution is -0.139. The van der Waals surface area contributed by atoms with Crippen molar-refractivity contribution in [1.29, 1.82) is 0 Å². The van der Waals surface area contributed by atoms with E-state index in [0.29, 0.717) is 20.6 Å². The maximum atomic E-state index is 13.6. The highest BCUT2D eigenvalue weighted by molar-refractivity contribution is 7.90. The van der Waals surface area contributed by atoms with Gasteiger partial charge in [0.2, 0.25) is 0 Å². The van der Waals surface area contributed by atoms with Crippen molar-refractivity contribution in [1.82, 2.24) is 9.19 Å². The van der Waals surface area contributed by atoms with E-state index in [4.69, 9.17) is 4.74 Å². The minimum Gasteiger partial charge on any atom is -0.456 e. The summed E-state index contributed by atoms with van der Waals surface area (Å²) in [4.78, 5) is 11.4. The van der Waals surface area contributed by atoms with Gasteiger partial charge in [0.05, 0.1) is 16.6 Å². The van der Waals surface area contributed by atoms with Crippen LogP contribution in [0.25, 0.3) is 22.2 Å². The fraction of sp³-hybridized carbons (Fsp3) is 0.200. The average molecular weight is 503 g/mol. The average Bonchev–Trinajstić information content (AvgIpc) is 3.18. The molecule has 3 aromatic carbocycles. The second-order valence-corrected chi connectivity index (χ2v) is 10.5. The number of hydrogen-bond acceptors (Lipinski definition) is 5. The molecule has 0 N–H and O–H groups in total. The Bertz CT molecular complexity index is 1520. The van der Waals surface area contributed by atoms with Gasteiger partial charge in [-0.25, -0.2) is 4.79 Å². The number of para-hydroxylation sites is 1. The van der Waals surface area contributed by atoms with Crippen molar-refractivity contribution >= 4 is 26.9 Å². The SMILES string of the molecule is CC(C)(C)OC(=O)c1ccc(-c2nn(S(=O)(=O)c3ccccc3C(F)(F)F)c3ccccc23)cc1. The van der Waals surface area contributed by atoms with Crippen LogP contribution in [0.3, 0.4) is 0 Å². The summed E-state index contributed by atoms with van der Waals surface area (Å²) in [7, 11) is -4.70. The van der Waals surface area contributed by atoms with Gasteiger partial charge in [0, 0.05) is 10.9 Å². The van der Waals surface area contributed by atoms with Crippen molar-refractivity contribution in [2.24, 2.45) is 0 Å². The van der Waals surface area contributed by atoms with E-state index in [-0.39, 0.29) is 11.2 Å². The van der Waals surface area contributed by atoms with Crippen LogP contribution in [0.5, 0.6) is 0 Å². The van der Waals surface area contributed by atoms with E-state index in [1.807, 2.05) is 0 Å². The number of aromatic nitrogens is 2. The Kier molecular flexibility index (Phi) is 5.96. The Balaban J connectivity index is 1.83. The smallest absolute Gasteiger partial charge is 0.417 e. The number of hydrogen-bond donors (Lipinski definition) is 0. The van der Waals surface area contributed by atoms with Crippen molar-refractivity contribution in [2.75, 3.05) is 0 Å².